The highest BCUT2D eigenvalue weighted by molar-refractivity contribution is 8.00. The molecule has 1 aromatic carbocycles. The highest BCUT2D eigenvalue weighted by Crippen LogP contribution is 2.34. The van der Waals surface area contributed by atoms with E-state index in [0.717, 1.165) is 0 Å². The van der Waals surface area contributed by atoms with Gasteiger partial charge in [-0.2, -0.15) is 5.26 Å². The largest absolute Gasteiger partial charge is 0.323 e. The Morgan fingerprint density at radius 1 is 1.24 bits per heavy atom. The van der Waals surface area contributed by atoms with Crippen molar-refractivity contribution in [3.8, 4) is 6.07 Å². The molecule has 2 aromatic rings. The Hall–Kier alpha value is -1.52. The zero-order valence-electron chi connectivity index (χ0n) is 13.5. The number of halogens is 3. The van der Waals surface area contributed by atoms with E-state index >= 15 is 0 Å². The minimum absolute atomic E-state index is 0.245. The van der Waals surface area contributed by atoms with E-state index in [4.69, 9.17) is 34.8 Å². The number of carbonyl (C=O) groups excluding carboxylic acids is 1. The van der Waals surface area contributed by atoms with Crippen molar-refractivity contribution in [1.82, 2.24) is 9.97 Å². The van der Waals surface area contributed by atoms with Crippen LogP contribution in [0.5, 0.6) is 0 Å². The fourth-order valence-corrected chi connectivity index (χ4v) is 3.91. The van der Waals surface area contributed by atoms with E-state index in [1.54, 1.807) is 20.8 Å². The highest BCUT2D eigenvalue weighted by atomic mass is 35.5. The number of thioether (sulfide) groups is 1. The standard InChI is InChI=1S/C16H13Cl3N4OS/c1-7-11(6-20)16(22-9(3)21-7)25-8(2)15(24)23-14-12(18)4-10(17)5-13(14)19/h4-5,8H,1-3H3,(H,23,24). The summed E-state index contributed by atoms with van der Waals surface area (Å²) in [5.74, 6) is 0.212. The predicted octanol–water partition coefficient (Wildman–Crippen LogP) is 5.04. The maximum atomic E-state index is 12.5. The smallest absolute Gasteiger partial charge is 0.237 e. The number of anilines is 1. The molecule has 1 aromatic heterocycles. The summed E-state index contributed by atoms with van der Waals surface area (Å²) in [6.45, 7) is 5.16. The van der Waals surface area contributed by atoms with Crippen molar-refractivity contribution >= 4 is 58.2 Å². The molecule has 130 valence electrons. The number of benzene rings is 1. The number of amides is 1. The maximum Gasteiger partial charge on any atom is 0.237 e. The van der Waals surface area contributed by atoms with Crippen LogP contribution in [-0.2, 0) is 4.79 Å². The van der Waals surface area contributed by atoms with E-state index < -0.39 is 5.25 Å². The van der Waals surface area contributed by atoms with E-state index in [9.17, 15) is 10.1 Å². The Morgan fingerprint density at radius 2 is 1.84 bits per heavy atom. The van der Waals surface area contributed by atoms with Crippen LogP contribution in [0, 0.1) is 25.2 Å². The van der Waals surface area contributed by atoms with Gasteiger partial charge in [0.2, 0.25) is 5.91 Å². The zero-order chi connectivity index (χ0) is 18.7. The third-order valence-corrected chi connectivity index (χ3v) is 5.09. The third-order valence-electron chi connectivity index (χ3n) is 3.19. The fraction of sp³-hybridized carbons (Fsp3) is 0.250. The first-order valence-electron chi connectivity index (χ1n) is 7.10. The van der Waals surface area contributed by atoms with Crippen LogP contribution >= 0.6 is 46.6 Å². The molecule has 0 aliphatic rings. The van der Waals surface area contributed by atoms with Crippen molar-refractivity contribution in [2.45, 2.75) is 31.0 Å². The van der Waals surface area contributed by atoms with Crippen molar-refractivity contribution in [2.24, 2.45) is 0 Å². The van der Waals surface area contributed by atoms with Gasteiger partial charge < -0.3 is 5.32 Å². The molecule has 0 bridgehead atoms. The van der Waals surface area contributed by atoms with Gasteiger partial charge in [-0.15, -0.1) is 0 Å². The number of nitriles is 1. The number of nitrogens with zero attached hydrogens (tertiary/aromatic N) is 3. The van der Waals surface area contributed by atoms with Crippen LogP contribution in [0.1, 0.15) is 24.0 Å². The Bertz CT molecular complexity index is 859. The number of carbonyl (C=O) groups is 1. The second kappa shape index (κ2) is 8.24. The van der Waals surface area contributed by atoms with Gasteiger partial charge in [-0.25, -0.2) is 9.97 Å². The molecule has 1 atom stereocenters. The summed E-state index contributed by atoms with van der Waals surface area (Å²) in [6.07, 6.45) is 0. The second-order valence-electron chi connectivity index (χ2n) is 5.14. The molecule has 0 aliphatic carbocycles. The van der Waals surface area contributed by atoms with Crippen molar-refractivity contribution in [1.29, 1.82) is 5.26 Å². The minimum atomic E-state index is -0.538. The summed E-state index contributed by atoms with van der Waals surface area (Å²) < 4.78 is 0. The molecule has 5 nitrogen and oxygen atoms in total. The van der Waals surface area contributed by atoms with Gasteiger partial charge in [0.15, 0.2) is 0 Å². The fourth-order valence-electron chi connectivity index (χ4n) is 2.00. The van der Waals surface area contributed by atoms with Crippen LogP contribution in [0.25, 0.3) is 0 Å². The average molecular weight is 416 g/mol. The van der Waals surface area contributed by atoms with Gasteiger partial charge in [-0.05, 0) is 32.9 Å². The van der Waals surface area contributed by atoms with E-state index in [1.807, 2.05) is 0 Å². The monoisotopic (exact) mass is 414 g/mol. The third kappa shape index (κ3) is 4.77. The second-order valence-corrected chi connectivity index (χ2v) is 7.72. The molecule has 0 spiro atoms. The lowest BCUT2D eigenvalue weighted by atomic mass is 10.3. The molecule has 25 heavy (non-hydrogen) atoms. The van der Waals surface area contributed by atoms with Gasteiger partial charge in [0.1, 0.15) is 22.5 Å². The lowest BCUT2D eigenvalue weighted by Crippen LogP contribution is -2.23. The van der Waals surface area contributed by atoms with Crippen LogP contribution < -0.4 is 5.32 Å². The molecular weight excluding hydrogens is 403 g/mol. The summed E-state index contributed by atoms with van der Waals surface area (Å²) >= 11 is 19.2. The molecule has 0 saturated heterocycles. The molecule has 2 rings (SSSR count). The first kappa shape index (κ1) is 19.8. The van der Waals surface area contributed by atoms with Crippen molar-refractivity contribution in [3.63, 3.8) is 0 Å². The van der Waals surface area contributed by atoms with Crippen LogP contribution in [0.3, 0.4) is 0 Å². The molecule has 1 unspecified atom stereocenters. The van der Waals surface area contributed by atoms with Gasteiger partial charge in [-0.1, -0.05) is 46.6 Å². The summed E-state index contributed by atoms with van der Waals surface area (Å²) in [7, 11) is 0. The van der Waals surface area contributed by atoms with E-state index in [0.29, 0.717) is 32.8 Å². The number of hydrogen-bond donors (Lipinski definition) is 1. The van der Waals surface area contributed by atoms with Crippen LogP contribution in [0.15, 0.2) is 17.2 Å². The summed E-state index contributed by atoms with van der Waals surface area (Å²) in [5, 5.41) is 12.8. The van der Waals surface area contributed by atoms with Gasteiger partial charge >= 0.3 is 0 Å². The number of aromatic nitrogens is 2. The lowest BCUT2D eigenvalue weighted by Gasteiger charge is -2.15. The number of rotatable bonds is 4. The molecule has 0 aliphatic heterocycles. The van der Waals surface area contributed by atoms with E-state index in [2.05, 4.69) is 21.4 Å². The van der Waals surface area contributed by atoms with E-state index in [-0.39, 0.29) is 16.0 Å². The molecule has 1 heterocycles. The van der Waals surface area contributed by atoms with Crippen LogP contribution in [-0.4, -0.2) is 21.1 Å². The minimum Gasteiger partial charge on any atom is -0.323 e. The quantitative estimate of drug-likeness (QED) is 0.558. The molecule has 9 heteroatoms. The van der Waals surface area contributed by atoms with Gasteiger partial charge in [0.25, 0.3) is 0 Å². The zero-order valence-corrected chi connectivity index (χ0v) is 16.6. The highest BCUT2D eigenvalue weighted by Gasteiger charge is 2.21. The number of nitrogens with one attached hydrogen (secondary N) is 1. The summed E-state index contributed by atoms with van der Waals surface area (Å²) in [5.41, 5.74) is 1.23. The summed E-state index contributed by atoms with van der Waals surface area (Å²) in [6, 6.07) is 5.06. The van der Waals surface area contributed by atoms with Crippen molar-refractivity contribution in [3.05, 3.63) is 44.3 Å². The Kier molecular flexibility index (Phi) is 6.53. The molecule has 1 N–H and O–H groups in total. The van der Waals surface area contributed by atoms with Crippen LogP contribution in [0.4, 0.5) is 5.69 Å². The van der Waals surface area contributed by atoms with Crippen molar-refractivity contribution < 1.29 is 4.79 Å². The number of aryl methyl sites for hydroxylation is 2. The number of hydrogen-bond acceptors (Lipinski definition) is 5. The first-order valence-corrected chi connectivity index (χ1v) is 9.11. The lowest BCUT2D eigenvalue weighted by molar-refractivity contribution is -0.115. The SMILES string of the molecule is Cc1nc(C)c(C#N)c(SC(C)C(=O)Nc2c(Cl)cc(Cl)cc2Cl)n1. The first-order chi connectivity index (χ1) is 11.7. The Labute approximate surface area is 164 Å². The van der Waals surface area contributed by atoms with Gasteiger partial charge in [-0.3, -0.25) is 4.79 Å². The maximum absolute atomic E-state index is 12.5. The molecular formula is C16H13Cl3N4OS. The normalized spacial score (nSPS) is 11.7. The summed E-state index contributed by atoms with van der Waals surface area (Å²) in [4.78, 5) is 20.9. The molecule has 0 saturated carbocycles. The van der Waals surface area contributed by atoms with E-state index in [1.165, 1.54) is 23.9 Å². The predicted molar refractivity (Wildman–Crippen MR) is 102 cm³/mol. The topological polar surface area (TPSA) is 78.7 Å². The Balaban J connectivity index is 2.21. The molecule has 0 radical (unpaired) electrons. The van der Waals surface area contributed by atoms with Crippen LogP contribution in [0.2, 0.25) is 15.1 Å². The van der Waals surface area contributed by atoms with Gasteiger partial charge in [0.05, 0.1) is 26.7 Å². The average Bonchev–Trinajstić information content (AvgIpc) is 2.50. The Morgan fingerprint density at radius 3 is 2.40 bits per heavy atom. The van der Waals surface area contributed by atoms with Crippen molar-refractivity contribution in [2.75, 3.05) is 5.32 Å². The molecule has 1 amide bonds. The van der Waals surface area contributed by atoms with Gasteiger partial charge in [0, 0.05) is 5.02 Å². The molecule has 0 fully saturated rings.